The maximum absolute atomic E-state index is 5.47. The lowest BCUT2D eigenvalue weighted by molar-refractivity contribution is 0.861. The Morgan fingerprint density at radius 3 is 2.42 bits per heavy atom. The largest absolute Gasteiger partial charge is 0.375 e. The number of nitrogens with zero attached hydrogens (tertiary/aromatic N) is 1. The fraction of sp³-hybridized carbons (Fsp3) is 0.125. The normalized spacial score (nSPS) is 9.42. The Bertz CT molecular complexity index is 260. The number of nitrogens with one attached hydrogen (secondary N) is 1. The van der Waals surface area contributed by atoms with Gasteiger partial charge in [0.1, 0.15) is 0 Å². The van der Waals surface area contributed by atoms with E-state index < -0.39 is 0 Å². The second-order valence-electron chi connectivity index (χ2n) is 2.23. The van der Waals surface area contributed by atoms with E-state index in [1.54, 1.807) is 12.1 Å². The van der Waals surface area contributed by atoms with Crippen LogP contribution in [0.2, 0.25) is 0 Å². The Hall–Kier alpha value is -1.13. The molecule has 0 unspecified atom stereocenters. The molecule has 1 aromatic rings. The van der Waals surface area contributed by atoms with Gasteiger partial charge in [-0.3, -0.25) is 5.01 Å². The molecule has 0 spiro atoms. The highest BCUT2D eigenvalue weighted by atomic mass is 32.1. The lowest BCUT2D eigenvalue weighted by Gasteiger charge is -2.20. The molecular weight excluding hydrogens is 170 g/mol. The highest BCUT2D eigenvalue weighted by Crippen LogP contribution is 2.09. The molecule has 12 heavy (non-hydrogen) atoms. The van der Waals surface area contributed by atoms with Crippen LogP contribution in [0.3, 0.4) is 0 Å². The molecule has 64 valence electrons. The molecule has 0 aliphatic heterocycles. The Kier molecular flexibility index (Phi) is 3.01. The SMILES string of the molecule is CNN(C(N)=S)c1ccccc1. The lowest BCUT2D eigenvalue weighted by atomic mass is 10.3. The van der Waals surface area contributed by atoms with Gasteiger partial charge in [-0.25, -0.2) is 5.43 Å². The Balaban J connectivity index is 2.88. The maximum Gasteiger partial charge on any atom is 0.185 e. The molecule has 0 aliphatic rings. The second-order valence-corrected chi connectivity index (χ2v) is 2.65. The van der Waals surface area contributed by atoms with E-state index in [0.29, 0.717) is 5.11 Å². The molecule has 1 rings (SSSR count). The van der Waals surface area contributed by atoms with Crippen molar-refractivity contribution in [2.45, 2.75) is 0 Å². The van der Waals surface area contributed by atoms with Gasteiger partial charge in [-0.15, -0.1) is 0 Å². The van der Waals surface area contributed by atoms with Crippen LogP contribution >= 0.6 is 12.2 Å². The molecule has 0 fully saturated rings. The number of hydrazine groups is 1. The molecule has 0 atom stereocenters. The smallest absolute Gasteiger partial charge is 0.185 e. The first-order valence-electron chi connectivity index (χ1n) is 3.57. The van der Waals surface area contributed by atoms with E-state index in [9.17, 15) is 0 Å². The zero-order chi connectivity index (χ0) is 8.97. The van der Waals surface area contributed by atoms with Crippen molar-refractivity contribution in [1.29, 1.82) is 0 Å². The molecule has 0 saturated heterocycles. The summed E-state index contributed by atoms with van der Waals surface area (Å²) in [6.07, 6.45) is 0. The molecule has 4 heteroatoms. The average molecular weight is 181 g/mol. The van der Waals surface area contributed by atoms with Gasteiger partial charge in [-0.05, 0) is 24.4 Å². The molecular formula is C8H11N3S. The summed E-state index contributed by atoms with van der Waals surface area (Å²) in [5, 5.41) is 1.94. The van der Waals surface area contributed by atoms with Crippen molar-refractivity contribution in [3.8, 4) is 0 Å². The third-order valence-electron chi connectivity index (χ3n) is 1.46. The third-order valence-corrected chi connectivity index (χ3v) is 1.64. The predicted octanol–water partition coefficient (Wildman–Crippen LogP) is 0.871. The van der Waals surface area contributed by atoms with Crippen LogP contribution in [-0.4, -0.2) is 12.2 Å². The first kappa shape index (κ1) is 8.96. The fourth-order valence-electron chi connectivity index (χ4n) is 0.944. The fourth-order valence-corrected chi connectivity index (χ4v) is 1.14. The van der Waals surface area contributed by atoms with Crippen LogP contribution in [0.15, 0.2) is 30.3 Å². The summed E-state index contributed by atoms with van der Waals surface area (Å²) in [4.78, 5) is 0. The quantitative estimate of drug-likeness (QED) is 0.525. The van der Waals surface area contributed by atoms with Crippen molar-refractivity contribution in [3.05, 3.63) is 30.3 Å². The number of anilines is 1. The van der Waals surface area contributed by atoms with Gasteiger partial charge in [0.25, 0.3) is 0 Å². The van der Waals surface area contributed by atoms with E-state index in [2.05, 4.69) is 5.43 Å². The molecule has 0 radical (unpaired) electrons. The van der Waals surface area contributed by atoms with E-state index in [1.165, 1.54) is 0 Å². The molecule has 3 N–H and O–H groups in total. The van der Waals surface area contributed by atoms with Crippen LogP contribution in [0.4, 0.5) is 5.69 Å². The molecule has 0 saturated carbocycles. The van der Waals surface area contributed by atoms with E-state index >= 15 is 0 Å². The van der Waals surface area contributed by atoms with E-state index in [-0.39, 0.29) is 0 Å². The van der Waals surface area contributed by atoms with Crippen molar-refractivity contribution >= 4 is 23.0 Å². The van der Waals surface area contributed by atoms with Gasteiger partial charge in [0.2, 0.25) is 0 Å². The topological polar surface area (TPSA) is 41.3 Å². The van der Waals surface area contributed by atoms with Crippen LogP contribution in [0.1, 0.15) is 0 Å². The summed E-state index contributed by atoms with van der Waals surface area (Å²) in [5.74, 6) is 0. The minimum absolute atomic E-state index is 0.309. The number of hydrogen-bond donors (Lipinski definition) is 2. The summed E-state index contributed by atoms with van der Waals surface area (Å²) in [6, 6.07) is 9.65. The second kappa shape index (κ2) is 4.04. The zero-order valence-electron chi connectivity index (χ0n) is 6.82. The number of benzene rings is 1. The van der Waals surface area contributed by atoms with Crippen LogP contribution in [0.25, 0.3) is 0 Å². The first-order chi connectivity index (χ1) is 5.75. The number of rotatable bonds is 2. The van der Waals surface area contributed by atoms with Gasteiger partial charge < -0.3 is 5.73 Å². The summed E-state index contributed by atoms with van der Waals surface area (Å²) >= 11 is 4.84. The lowest BCUT2D eigenvalue weighted by Crippen LogP contribution is -2.43. The van der Waals surface area contributed by atoms with E-state index in [1.807, 2.05) is 30.3 Å². The van der Waals surface area contributed by atoms with E-state index in [4.69, 9.17) is 18.0 Å². The molecule has 0 amide bonds. The maximum atomic E-state index is 5.47. The highest BCUT2D eigenvalue weighted by Gasteiger charge is 2.04. The molecule has 0 heterocycles. The Morgan fingerprint density at radius 2 is 2.00 bits per heavy atom. The average Bonchev–Trinajstić information content (AvgIpc) is 2.07. The summed E-state index contributed by atoms with van der Waals surface area (Å²) < 4.78 is 0. The van der Waals surface area contributed by atoms with E-state index in [0.717, 1.165) is 5.69 Å². The van der Waals surface area contributed by atoms with Gasteiger partial charge in [0, 0.05) is 7.05 Å². The Labute approximate surface area is 77.1 Å². The van der Waals surface area contributed by atoms with Crippen molar-refractivity contribution in [1.82, 2.24) is 5.43 Å². The van der Waals surface area contributed by atoms with Crippen molar-refractivity contribution in [2.75, 3.05) is 12.1 Å². The molecule has 0 bridgehead atoms. The standard InChI is InChI=1S/C8H11N3S/c1-10-11(8(9)12)7-5-3-2-4-6-7/h2-6,10H,1H3,(H2,9,12). The Morgan fingerprint density at radius 1 is 1.42 bits per heavy atom. The number of hydrogen-bond acceptors (Lipinski definition) is 2. The van der Waals surface area contributed by atoms with Crippen LogP contribution in [0, 0.1) is 0 Å². The monoisotopic (exact) mass is 181 g/mol. The number of thiocarbonyl (C=S) groups is 1. The third kappa shape index (κ3) is 1.93. The van der Waals surface area contributed by atoms with Gasteiger partial charge in [0.15, 0.2) is 5.11 Å². The highest BCUT2D eigenvalue weighted by molar-refractivity contribution is 7.80. The summed E-state index contributed by atoms with van der Waals surface area (Å²) in [7, 11) is 1.77. The summed E-state index contributed by atoms with van der Waals surface area (Å²) in [6.45, 7) is 0. The van der Waals surface area contributed by atoms with Gasteiger partial charge in [-0.1, -0.05) is 18.2 Å². The van der Waals surface area contributed by atoms with Gasteiger partial charge in [0.05, 0.1) is 5.69 Å². The first-order valence-corrected chi connectivity index (χ1v) is 3.98. The van der Waals surface area contributed by atoms with Crippen molar-refractivity contribution < 1.29 is 0 Å². The predicted molar refractivity (Wildman–Crippen MR) is 54.8 cm³/mol. The van der Waals surface area contributed by atoms with Crippen LogP contribution < -0.4 is 16.2 Å². The molecule has 3 nitrogen and oxygen atoms in total. The summed E-state index contributed by atoms with van der Waals surface area (Å²) in [5.41, 5.74) is 9.30. The number of para-hydroxylation sites is 1. The van der Waals surface area contributed by atoms with Crippen LogP contribution in [0.5, 0.6) is 0 Å². The van der Waals surface area contributed by atoms with Crippen molar-refractivity contribution in [2.24, 2.45) is 5.73 Å². The van der Waals surface area contributed by atoms with Gasteiger partial charge in [-0.2, -0.15) is 0 Å². The van der Waals surface area contributed by atoms with Crippen LogP contribution in [-0.2, 0) is 0 Å². The zero-order valence-corrected chi connectivity index (χ0v) is 7.64. The van der Waals surface area contributed by atoms with Crippen molar-refractivity contribution in [3.63, 3.8) is 0 Å². The minimum atomic E-state index is 0.309. The molecule has 1 aromatic carbocycles. The van der Waals surface area contributed by atoms with Gasteiger partial charge >= 0.3 is 0 Å². The molecule has 0 aliphatic carbocycles. The number of nitrogens with two attached hydrogens (primary N) is 1. The minimum Gasteiger partial charge on any atom is -0.375 e. The molecule has 0 aromatic heterocycles.